The van der Waals surface area contributed by atoms with E-state index in [-0.39, 0.29) is 93.7 Å². The molecule has 4 saturated heterocycles. The highest BCUT2D eigenvalue weighted by atomic mass is 16.3. The van der Waals surface area contributed by atoms with Gasteiger partial charge in [-0.3, -0.25) is 67.9 Å². The minimum atomic E-state index is -1.23. The lowest BCUT2D eigenvalue weighted by molar-refractivity contribution is -0.147. The third-order valence-corrected chi connectivity index (χ3v) is 27.8. The van der Waals surface area contributed by atoms with Crippen LogP contribution in [0.15, 0.2) is 170 Å². The molecule has 0 bridgehead atoms. The average molecular weight is 1980 g/mol. The molecule has 42 heteroatoms. The van der Waals surface area contributed by atoms with Crippen molar-refractivity contribution in [3.8, 4) is 61.6 Å². The van der Waals surface area contributed by atoms with E-state index in [0.29, 0.717) is 171 Å². The Balaban J connectivity index is 0.000000133. The third-order valence-electron chi connectivity index (χ3n) is 27.8. The number of ketones is 4. The van der Waals surface area contributed by atoms with E-state index in [1.807, 2.05) is 114 Å². The number of benzene rings is 1. The number of fused-ring (bicyclic) bond motifs is 4. The maximum absolute atomic E-state index is 12.9. The van der Waals surface area contributed by atoms with Crippen LogP contribution in [0.25, 0.3) is 95.3 Å². The number of Topliss-reactive ketones (excluding diaryl/α,β-unsaturated/α-hetero) is 4. The summed E-state index contributed by atoms with van der Waals surface area (Å²) < 4.78 is 7.78. The zero-order valence-corrected chi connectivity index (χ0v) is 81.8. The van der Waals surface area contributed by atoms with Crippen LogP contribution in [-0.4, -0.2) is 288 Å². The van der Waals surface area contributed by atoms with E-state index in [9.17, 15) is 69.0 Å². The number of amides is 4. The van der Waals surface area contributed by atoms with E-state index in [2.05, 4.69) is 55.3 Å². The number of nitrogen functional groups attached to an aromatic ring is 4. The Morgan fingerprint density at radius 2 is 0.719 bits per heavy atom. The number of aliphatic imine (C=N–C) groups is 2. The molecule has 42 nitrogen and oxygen atoms in total. The van der Waals surface area contributed by atoms with Crippen molar-refractivity contribution in [2.75, 3.05) is 102 Å². The molecule has 6 aliphatic rings. The number of likely N-dealkylation sites (tertiary alicyclic amines) is 4. The van der Waals surface area contributed by atoms with Crippen LogP contribution in [0.1, 0.15) is 212 Å². The quantitative estimate of drug-likeness (QED) is 0.0252. The predicted octanol–water partition coefficient (Wildman–Crippen LogP) is 8.97. The topological polar surface area (TPSA) is 590 Å². The summed E-state index contributed by atoms with van der Waals surface area (Å²) in [6, 6.07) is 25.4. The van der Waals surface area contributed by atoms with Crippen LogP contribution in [0.2, 0.25) is 0 Å². The Labute approximate surface area is 837 Å². The lowest BCUT2D eigenvalue weighted by Crippen LogP contribution is -2.49. The Bertz CT molecular complexity index is 7400. The normalized spacial score (nSPS) is 15.8. The fourth-order valence-corrected chi connectivity index (χ4v) is 19.6. The van der Waals surface area contributed by atoms with Crippen LogP contribution in [-0.2, 0) is 19.2 Å². The number of rotatable bonds is 24. The molecule has 1 aromatic carbocycles. The standard InChI is InChI=1S/C28H30N6O4.C27H31N7O4.C25H27N7O3.C24H26N8O3/c1-17(37)24-25(19-9-11-33(12-10-19)28(38)21(15-35)16-36)32-27-22(14-31-34(27)26(24)29)20-7-8-23(30-13-20)18-5-3-2-4-6-18;1-16(37)22-23(17-6-9-33(10-7-17)26(38)27(2,14-35)15-36)32-25-20(13-31-34(25)24(22)28)18-3-4-21(30-12-18)19-5-8-29-11-19;1-14(33)21-22(16-6-9-31(10-7-16)25(35)15(2)34)30-24-19(13-29-32(24)23(21)26)17-3-4-20(28-12-17)18-5-8-27-11-18;1-14(33)20-21(16-5-8-30(9-6-16)24(35)15(2)34)29-23-18(12-28-32(23)22(20)25)17-3-4-19(27-11-17)31-10-7-26-13-31/h2-8,13-14,19,21,35-36H,9-12,15-16,29H2,1H3;3-4,8,11-13,17,35-36H,5-7,9-10,14-15,28H2,1-2H3;3-4,8,11-13,15-16,34H,5-7,9-10,26H2,1-2H3;3-4,7,10-13,15-16,34H,5-6,8-9,25H2,1-2H3/t;;2*15-/m..11/s1. The van der Waals surface area contributed by atoms with Gasteiger partial charge < -0.3 is 73.2 Å². The van der Waals surface area contributed by atoms with Gasteiger partial charge in [-0.1, -0.05) is 48.5 Å². The largest absolute Gasteiger partial charge is 0.395 e. The summed E-state index contributed by atoms with van der Waals surface area (Å²) in [4.78, 5) is 157. The average Bonchev–Trinajstić information content (AvgIpc) is 1.62. The number of allylic oxidation sites excluding steroid dienone is 2. The number of aliphatic hydroxyl groups excluding tert-OH is 6. The second-order valence-corrected chi connectivity index (χ2v) is 37.5. The zero-order valence-electron chi connectivity index (χ0n) is 81.8. The van der Waals surface area contributed by atoms with Gasteiger partial charge >= 0.3 is 0 Å². The maximum Gasteiger partial charge on any atom is 0.251 e. The highest BCUT2D eigenvalue weighted by Gasteiger charge is 2.41. The molecule has 0 radical (unpaired) electrons. The summed E-state index contributed by atoms with van der Waals surface area (Å²) in [6.45, 7) is 12.3. The molecule has 6 aliphatic heterocycles. The number of carbonyl (C=O) groups excluding carboxylic acids is 8. The Hall–Kier alpha value is -16.2. The molecular formula is C104H114N28O14. The highest BCUT2D eigenvalue weighted by molar-refractivity contribution is 6.04. The summed E-state index contributed by atoms with van der Waals surface area (Å²) in [5.74, 6) is -1.30. The van der Waals surface area contributed by atoms with Crippen molar-refractivity contribution < 1.29 is 69.0 Å². The van der Waals surface area contributed by atoms with Gasteiger partial charge in [0.05, 0.1) is 125 Å². The van der Waals surface area contributed by atoms with Gasteiger partial charge in [0.2, 0.25) is 11.8 Å². The van der Waals surface area contributed by atoms with Gasteiger partial charge in [-0.2, -0.15) is 38.5 Å². The Morgan fingerprint density at radius 1 is 0.397 bits per heavy atom. The second kappa shape index (κ2) is 43.6. The molecule has 20 rings (SSSR count). The number of nitrogens with two attached hydrogens (primary N) is 4. The maximum atomic E-state index is 12.9. The first-order valence-corrected chi connectivity index (χ1v) is 48.4. The zero-order chi connectivity index (χ0) is 103. The number of aliphatic hydroxyl groups is 6. The van der Waals surface area contributed by atoms with Gasteiger partial charge in [-0.25, -0.2) is 29.9 Å². The van der Waals surface area contributed by atoms with Gasteiger partial charge in [-0.05, 0) is 130 Å². The number of hydrogen-bond donors (Lipinski definition) is 10. The van der Waals surface area contributed by atoms with Crippen LogP contribution in [0.4, 0.5) is 23.3 Å². The lowest BCUT2D eigenvalue weighted by Gasteiger charge is -2.37. The van der Waals surface area contributed by atoms with Gasteiger partial charge in [-0.15, -0.1) is 0 Å². The molecule has 14 aromatic rings. The number of imidazole rings is 1. The van der Waals surface area contributed by atoms with E-state index in [1.54, 1.807) is 88.6 Å². The van der Waals surface area contributed by atoms with Gasteiger partial charge in [0.25, 0.3) is 11.8 Å². The van der Waals surface area contributed by atoms with Crippen molar-refractivity contribution in [2.24, 2.45) is 21.3 Å². The summed E-state index contributed by atoms with van der Waals surface area (Å²) in [5.41, 5.74) is 42.7. The molecule has 14 N–H and O–H groups in total. The monoisotopic (exact) mass is 1980 g/mol. The van der Waals surface area contributed by atoms with E-state index < -0.39 is 50.0 Å². The number of pyridine rings is 4. The molecule has 0 spiro atoms. The molecule has 754 valence electrons. The van der Waals surface area contributed by atoms with Crippen LogP contribution in [0.3, 0.4) is 0 Å². The first-order chi connectivity index (χ1) is 70.4. The summed E-state index contributed by atoms with van der Waals surface area (Å²) in [5, 5.41) is 74.9. The van der Waals surface area contributed by atoms with Gasteiger partial charge in [0, 0.05) is 212 Å². The molecule has 0 saturated carbocycles. The fourth-order valence-electron chi connectivity index (χ4n) is 19.6. The first kappa shape index (κ1) is 101. The van der Waals surface area contributed by atoms with E-state index in [0.717, 1.165) is 97.0 Å². The molecule has 4 fully saturated rings. The third kappa shape index (κ3) is 20.5. The fraction of sp³-hybridized carbons (Fsp3) is 0.356. The molecule has 0 aliphatic carbocycles. The molecule has 0 unspecified atom stereocenters. The number of aromatic nitrogens is 18. The van der Waals surface area contributed by atoms with Crippen molar-refractivity contribution in [3.05, 3.63) is 216 Å². The molecule has 2 atom stereocenters. The SMILES string of the molecule is CC(=O)c1c(C2CCN(C(=O)C(C)(CO)CO)CC2)nc2c(-c3ccc(C4=CN=CC4)nc3)cnn2c1N.CC(=O)c1c(C2CCN(C(=O)C(CO)CO)CC2)nc2c(-c3ccc(-c4ccccc4)nc3)cnn2c1N.CC(=O)c1c(C2CCN(C(=O)[C@@H](C)O)CC2)nc2c(-c3ccc(-n4ccnc4)nc3)cnn2c1N.CC(=O)c1c(C2CCN(C(=O)[C@@H](C)O)CC2)nc2c(-c3ccc(C4=CN=CC4)nc3)cnn2c1N. The van der Waals surface area contributed by atoms with E-state index in [4.69, 9.17) is 42.9 Å². The van der Waals surface area contributed by atoms with Gasteiger partial charge in [0.1, 0.15) is 47.6 Å². The second-order valence-electron chi connectivity index (χ2n) is 37.5. The molecular weight excluding hydrogens is 1870 g/mol. The predicted molar refractivity (Wildman–Crippen MR) is 545 cm³/mol. The minimum Gasteiger partial charge on any atom is -0.395 e. The minimum absolute atomic E-state index is 0.0446. The summed E-state index contributed by atoms with van der Waals surface area (Å²) in [7, 11) is 0. The van der Waals surface area contributed by atoms with Crippen molar-refractivity contribution in [2.45, 2.75) is 149 Å². The smallest absolute Gasteiger partial charge is 0.251 e. The summed E-state index contributed by atoms with van der Waals surface area (Å²) >= 11 is 0. The Kier molecular flexibility index (Phi) is 30.2. The van der Waals surface area contributed by atoms with E-state index in [1.165, 1.54) is 59.6 Å². The number of anilines is 4. The van der Waals surface area contributed by atoms with E-state index >= 15 is 0 Å². The van der Waals surface area contributed by atoms with Crippen molar-refractivity contribution >= 4 is 116 Å². The molecule has 4 amide bonds. The number of carbonyl (C=O) groups is 8. The highest BCUT2D eigenvalue weighted by Crippen LogP contribution is 2.43. The van der Waals surface area contributed by atoms with Crippen LogP contribution in [0.5, 0.6) is 0 Å². The van der Waals surface area contributed by atoms with Crippen LogP contribution in [0, 0.1) is 11.3 Å². The van der Waals surface area contributed by atoms with Crippen molar-refractivity contribution in [3.63, 3.8) is 0 Å². The first-order valence-electron chi connectivity index (χ1n) is 48.4. The lowest BCUT2D eigenvalue weighted by atomic mass is 9.86. The van der Waals surface area contributed by atoms with Crippen molar-refractivity contribution in [1.82, 2.24) is 107 Å². The Morgan fingerprint density at radius 3 is 0.993 bits per heavy atom. The number of nitrogens with zero attached hydrogens (tertiary/aromatic N) is 24. The number of piperidine rings is 4. The summed E-state index contributed by atoms with van der Waals surface area (Å²) in [6.07, 6.45) is 30.5. The van der Waals surface area contributed by atoms with Crippen LogP contribution < -0.4 is 22.9 Å². The molecule has 146 heavy (non-hydrogen) atoms. The molecule has 13 aromatic heterocycles. The van der Waals surface area contributed by atoms with Gasteiger partial charge in [0.15, 0.2) is 45.7 Å². The van der Waals surface area contributed by atoms with Crippen molar-refractivity contribution in [1.29, 1.82) is 0 Å². The number of hydrogen-bond acceptors (Lipinski definition) is 33. The molecule has 19 heterocycles. The van der Waals surface area contributed by atoms with Crippen LogP contribution >= 0.6 is 0 Å².